The summed E-state index contributed by atoms with van der Waals surface area (Å²) < 4.78 is 63.2. The third-order valence-electron chi connectivity index (χ3n) is 9.12. The molecule has 1 heterocycles. The number of hydrogen-bond donors (Lipinski definition) is 6. The summed E-state index contributed by atoms with van der Waals surface area (Å²) in [5.74, 6) is -1.86. The zero-order valence-electron chi connectivity index (χ0n) is 32.5. The Morgan fingerprint density at radius 1 is 0.966 bits per heavy atom. The van der Waals surface area contributed by atoms with Crippen molar-refractivity contribution in [2.24, 2.45) is 10.7 Å². The van der Waals surface area contributed by atoms with Crippen LogP contribution in [0.3, 0.4) is 0 Å². The van der Waals surface area contributed by atoms with Gasteiger partial charge in [-0.05, 0) is 73.9 Å². The maximum Gasteiger partial charge on any atom is 0.264 e. The van der Waals surface area contributed by atoms with Gasteiger partial charge < -0.3 is 26.2 Å². The lowest BCUT2D eigenvalue weighted by Gasteiger charge is -2.26. The van der Waals surface area contributed by atoms with E-state index in [2.05, 4.69) is 30.1 Å². The van der Waals surface area contributed by atoms with E-state index >= 15 is 0 Å². The third-order valence-corrected chi connectivity index (χ3v) is 13.0. The normalized spacial score (nSPS) is 14.0. The van der Waals surface area contributed by atoms with Crippen LogP contribution in [0.4, 0.5) is 0 Å². The molecule has 7 N–H and O–H groups in total. The molecule has 0 bridgehead atoms. The molecule has 1 unspecified atom stereocenters. The number of ether oxygens (including phenoxy) is 1. The maximum atomic E-state index is 13.8. The molecule has 0 saturated heterocycles. The SMILES string of the molecule is COc1cc(C)c(S(=O)(=O)NC(N)=NCCC[C@H](NC(=O)[C@H](CC#N)NC(=O)[C@@H](Cc2ccccc2)NS(=O)(=O)Cc2ccccc2)C(O)c2nccs2)c(C)c1C. The minimum atomic E-state index is -4.12. The highest BCUT2D eigenvalue weighted by Crippen LogP contribution is 2.30. The first-order valence-electron chi connectivity index (χ1n) is 18.2. The molecule has 4 rings (SSSR count). The van der Waals surface area contributed by atoms with Crippen molar-refractivity contribution in [3.63, 3.8) is 0 Å². The summed E-state index contributed by atoms with van der Waals surface area (Å²) in [6, 6.07) is 16.9. The summed E-state index contributed by atoms with van der Waals surface area (Å²) in [6.45, 7) is 5.05. The minimum Gasteiger partial charge on any atom is -0.496 e. The van der Waals surface area contributed by atoms with Gasteiger partial charge in [0.15, 0.2) is 0 Å². The highest BCUT2D eigenvalue weighted by molar-refractivity contribution is 7.90. The van der Waals surface area contributed by atoms with Crippen molar-refractivity contribution in [2.45, 2.75) is 81.3 Å². The molecule has 58 heavy (non-hydrogen) atoms. The fourth-order valence-corrected chi connectivity index (χ4v) is 9.69. The molecule has 19 heteroatoms. The summed E-state index contributed by atoms with van der Waals surface area (Å²) in [4.78, 5) is 35.8. The number of benzene rings is 3. The van der Waals surface area contributed by atoms with Crippen LogP contribution in [-0.2, 0) is 41.8 Å². The molecule has 0 radical (unpaired) electrons. The zero-order valence-corrected chi connectivity index (χ0v) is 35.0. The Labute approximate surface area is 343 Å². The van der Waals surface area contributed by atoms with Crippen molar-refractivity contribution in [2.75, 3.05) is 13.7 Å². The topological polar surface area (TPSA) is 255 Å². The second-order valence-electron chi connectivity index (χ2n) is 13.4. The smallest absolute Gasteiger partial charge is 0.264 e. The first kappa shape index (κ1) is 45.3. The Kier molecular flexibility index (Phi) is 16.3. The molecule has 16 nitrogen and oxygen atoms in total. The number of methoxy groups -OCH3 is 1. The van der Waals surface area contributed by atoms with E-state index in [1.165, 1.54) is 13.3 Å². The number of nitrogens with one attached hydrogen (secondary N) is 4. The van der Waals surface area contributed by atoms with Crippen LogP contribution in [0.25, 0.3) is 0 Å². The van der Waals surface area contributed by atoms with Crippen LogP contribution < -0.4 is 30.5 Å². The Morgan fingerprint density at radius 3 is 2.21 bits per heavy atom. The number of guanidine groups is 1. The Morgan fingerprint density at radius 2 is 1.60 bits per heavy atom. The van der Waals surface area contributed by atoms with Crippen LogP contribution in [0, 0.1) is 32.1 Å². The lowest BCUT2D eigenvalue weighted by molar-refractivity contribution is -0.130. The number of nitrogens with zero attached hydrogens (tertiary/aromatic N) is 3. The minimum absolute atomic E-state index is 0.00638. The second-order valence-corrected chi connectivity index (χ2v) is 17.7. The van der Waals surface area contributed by atoms with E-state index in [4.69, 9.17) is 10.5 Å². The predicted molar refractivity (Wildman–Crippen MR) is 221 cm³/mol. The number of rotatable bonds is 20. The van der Waals surface area contributed by atoms with Gasteiger partial charge in [0.05, 0.1) is 36.3 Å². The number of aliphatic hydroxyl groups excluding tert-OH is 1. The molecule has 2 amide bonds. The summed E-state index contributed by atoms with van der Waals surface area (Å²) in [7, 11) is -6.67. The quantitative estimate of drug-likeness (QED) is 0.0428. The van der Waals surface area contributed by atoms with Crippen molar-refractivity contribution in [1.82, 2.24) is 25.1 Å². The molecule has 310 valence electrons. The molecule has 3 aromatic carbocycles. The van der Waals surface area contributed by atoms with Crippen LogP contribution in [0.15, 0.2) is 88.2 Å². The monoisotopic (exact) mass is 852 g/mol. The number of carbonyl (C=O) groups is 2. The largest absolute Gasteiger partial charge is 0.496 e. The Balaban J connectivity index is 1.47. The maximum absolute atomic E-state index is 13.8. The number of aryl methyl sites for hydroxylation is 1. The third kappa shape index (κ3) is 12.8. The van der Waals surface area contributed by atoms with Crippen LogP contribution in [0.1, 0.15) is 58.2 Å². The van der Waals surface area contributed by atoms with E-state index in [1.54, 1.807) is 92.9 Å². The summed E-state index contributed by atoms with van der Waals surface area (Å²) in [5.41, 5.74) is 8.75. The molecule has 0 spiro atoms. The van der Waals surface area contributed by atoms with Gasteiger partial charge in [-0.3, -0.25) is 14.6 Å². The summed E-state index contributed by atoms with van der Waals surface area (Å²) >= 11 is 1.15. The molecule has 4 aromatic rings. The van der Waals surface area contributed by atoms with Gasteiger partial charge in [-0.1, -0.05) is 60.7 Å². The number of nitrogens with two attached hydrogens (primary N) is 1. The number of amides is 2. The number of hydrogen-bond acceptors (Lipinski definition) is 12. The van der Waals surface area contributed by atoms with E-state index in [9.17, 15) is 36.8 Å². The first-order valence-corrected chi connectivity index (χ1v) is 22.2. The van der Waals surface area contributed by atoms with Crippen molar-refractivity contribution >= 4 is 49.2 Å². The van der Waals surface area contributed by atoms with Gasteiger partial charge in [0.25, 0.3) is 10.0 Å². The molecular weight excluding hydrogens is 805 g/mol. The molecule has 0 aliphatic carbocycles. The first-order chi connectivity index (χ1) is 27.5. The van der Waals surface area contributed by atoms with E-state index < -0.39 is 68.3 Å². The summed E-state index contributed by atoms with van der Waals surface area (Å²) in [6.07, 6.45) is -0.0483. The second kappa shape index (κ2) is 20.9. The van der Waals surface area contributed by atoms with Gasteiger partial charge in [-0.15, -0.1) is 11.3 Å². The van der Waals surface area contributed by atoms with Crippen LogP contribution >= 0.6 is 11.3 Å². The number of aliphatic imine (C=N–C) groups is 1. The fourth-order valence-electron chi connectivity index (χ4n) is 6.19. The molecule has 0 fully saturated rings. The fraction of sp³-hybridized carbons (Fsp3) is 0.359. The van der Waals surface area contributed by atoms with Crippen LogP contribution in [0.2, 0.25) is 0 Å². The lowest BCUT2D eigenvalue weighted by Crippen LogP contribution is -2.56. The van der Waals surface area contributed by atoms with Gasteiger partial charge in [0.2, 0.25) is 27.8 Å². The molecule has 0 aliphatic rings. The molecule has 0 saturated carbocycles. The summed E-state index contributed by atoms with van der Waals surface area (Å²) in [5, 5.41) is 28.1. The predicted octanol–water partition coefficient (Wildman–Crippen LogP) is 2.80. The molecule has 4 atom stereocenters. The van der Waals surface area contributed by atoms with Crippen molar-refractivity contribution in [1.29, 1.82) is 5.26 Å². The average Bonchev–Trinajstić information content (AvgIpc) is 3.72. The lowest BCUT2D eigenvalue weighted by atomic mass is 10.0. The van der Waals surface area contributed by atoms with Crippen molar-refractivity contribution in [3.05, 3.63) is 111 Å². The number of aromatic nitrogens is 1. The highest BCUT2D eigenvalue weighted by Gasteiger charge is 2.32. The van der Waals surface area contributed by atoms with Gasteiger partial charge in [0, 0.05) is 18.1 Å². The van der Waals surface area contributed by atoms with Gasteiger partial charge in [-0.25, -0.2) is 31.3 Å². The van der Waals surface area contributed by atoms with E-state index in [0.29, 0.717) is 38.6 Å². The number of sulfonamides is 2. The van der Waals surface area contributed by atoms with E-state index in [1.807, 2.05) is 6.07 Å². The van der Waals surface area contributed by atoms with E-state index in [-0.39, 0.29) is 36.7 Å². The Bertz CT molecular complexity index is 2300. The number of carbonyl (C=O) groups excluding carboxylic acids is 2. The highest BCUT2D eigenvalue weighted by atomic mass is 32.2. The van der Waals surface area contributed by atoms with Gasteiger partial charge >= 0.3 is 0 Å². The van der Waals surface area contributed by atoms with Crippen molar-refractivity contribution < 1.29 is 36.3 Å². The standard InChI is InChI=1S/C39H48N8O8S3/c1-25-22-33(55-4)26(2)27(3)35(25)58(53,54)47-39(41)43-19-11-16-30(34(48)38-42-20-21-56-38)44-36(49)31(17-18-40)45-37(50)32(23-28-12-7-5-8-13-28)46-57(51,52)24-29-14-9-6-10-15-29/h5-10,12-15,20-22,30-32,34,46,48H,11,16-17,19,23-24H2,1-4H3,(H,44,49)(H,45,50)(H3,41,43,47)/t30-,31-,32+,34?/m0/s1. The van der Waals surface area contributed by atoms with Crippen LogP contribution in [0.5, 0.6) is 5.75 Å². The van der Waals surface area contributed by atoms with Crippen molar-refractivity contribution in [3.8, 4) is 11.8 Å². The van der Waals surface area contributed by atoms with E-state index in [0.717, 1.165) is 11.3 Å². The molecule has 0 aliphatic heterocycles. The number of aliphatic hydroxyl groups is 1. The number of nitriles is 1. The Hall–Kier alpha value is -5.39. The van der Waals surface area contributed by atoms with Gasteiger partial charge in [0.1, 0.15) is 28.9 Å². The van der Waals surface area contributed by atoms with Crippen LogP contribution in [-0.4, -0.2) is 76.5 Å². The molecule has 1 aromatic heterocycles. The average molecular weight is 853 g/mol. The van der Waals surface area contributed by atoms with Gasteiger partial charge in [-0.2, -0.15) is 5.26 Å². The zero-order chi connectivity index (χ0) is 42.5. The number of thiazole rings is 1. The molecular formula is C39H48N8O8S3.